The van der Waals surface area contributed by atoms with E-state index in [2.05, 4.69) is 10.6 Å². The number of likely N-dealkylation sites (tertiary alicyclic amines) is 1. The van der Waals surface area contributed by atoms with Crippen LogP contribution in [0.1, 0.15) is 19.8 Å². The molecule has 0 aromatic carbocycles. The fourth-order valence-electron chi connectivity index (χ4n) is 1.95. The van der Waals surface area contributed by atoms with E-state index in [0.29, 0.717) is 6.29 Å². The van der Waals surface area contributed by atoms with Crippen molar-refractivity contribution in [2.24, 2.45) is 0 Å². The van der Waals surface area contributed by atoms with Crippen molar-refractivity contribution in [3.8, 4) is 0 Å². The van der Waals surface area contributed by atoms with Gasteiger partial charge in [0, 0.05) is 39.1 Å². The number of aldehydes is 1. The van der Waals surface area contributed by atoms with Crippen molar-refractivity contribution in [1.29, 1.82) is 0 Å². The monoisotopic (exact) mass is 329 g/mol. The Bertz CT molecular complexity index is 482. The van der Waals surface area contributed by atoms with Gasteiger partial charge < -0.3 is 15.4 Å². The largest absolute Gasteiger partial charge is 0.359 e. The summed E-state index contributed by atoms with van der Waals surface area (Å²) in [6.45, 7) is 1.35. The van der Waals surface area contributed by atoms with Gasteiger partial charge in [0.2, 0.25) is 23.6 Å². The molecule has 4 amide bonds. The molecular formula is C13H19N3O5S. The van der Waals surface area contributed by atoms with Crippen molar-refractivity contribution < 1.29 is 24.0 Å². The molecule has 22 heavy (non-hydrogen) atoms. The van der Waals surface area contributed by atoms with Crippen LogP contribution in [-0.4, -0.2) is 65.5 Å². The minimum absolute atomic E-state index is 0.0445. The third-order valence-corrected chi connectivity index (χ3v) is 4.40. The summed E-state index contributed by atoms with van der Waals surface area (Å²) in [6, 6.07) is -0.690. The molecule has 1 heterocycles. The summed E-state index contributed by atoms with van der Waals surface area (Å²) in [7, 11) is 1.48. The molecule has 1 aliphatic rings. The Labute approximate surface area is 132 Å². The topological polar surface area (TPSA) is 113 Å². The zero-order valence-electron chi connectivity index (χ0n) is 12.5. The average Bonchev–Trinajstić information content (AvgIpc) is 2.75. The third-order valence-electron chi connectivity index (χ3n) is 3.07. The number of nitrogens with one attached hydrogen (secondary N) is 2. The molecule has 9 heteroatoms. The fraction of sp³-hybridized carbons (Fsp3) is 0.615. The quantitative estimate of drug-likeness (QED) is 0.422. The Kier molecular flexibility index (Phi) is 7.03. The molecule has 8 nitrogen and oxygen atoms in total. The van der Waals surface area contributed by atoms with Gasteiger partial charge in [0.25, 0.3) is 0 Å². The van der Waals surface area contributed by atoms with E-state index in [1.807, 2.05) is 0 Å². The number of nitrogens with zero attached hydrogens (tertiary/aromatic N) is 1. The van der Waals surface area contributed by atoms with E-state index < -0.39 is 11.3 Å². The van der Waals surface area contributed by atoms with Crippen LogP contribution in [0.4, 0.5) is 0 Å². The number of carbonyl (C=O) groups is 5. The normalized spacial score (nSPS) is 19.0. The number of rotatable bonds is 8. The molecule has 0 aliphatic carbocycles. The first kappa shape index (κ1) is 18.1. The van der Waals surface area contributed by atoms with Crippen LogP contribution in [0, 0.1) is 0 Å². The van der Waals surface area contributed by atoms with Crippen LogP contribution in [0.3, 0.4) is 0 Å². The lowest BCUT2D eigenvalue weighted by molar-refractivity contribution is -0.138. The average molecular weight is 329 g/mol. The van der Waals surface area contributed by atoms with Crippen LogP contribution in [0.25, 0.3) is 0 Å². The van der Waals surface area contributed by atoms with Crippen molar-refractivity contribution in [3.05, 3.63) is 0 Å². The second kappa shape index (κ2) is 8.52. The van der Waals surface area contributed by atoms with Gasteiger partial charge in [-0.1, -0.05) is 0 Å². The number of hydrogen-bond donors (Lipinski definition) is 2. The van der Waals surface area contributed by atoms with Crippen LogP contribution >= 0.6 is 11.8 Å². The molecular weight excluding hydrogens is 310 g/mol. The maximum absolute atomic E-state index is 12.1. The third kappa shape index (κ3) is 5.14. The van der Waals surface area contributed by atoms with Crippen LogP contribution in [0.5, 0.6) is 0 Å². The lowest BCUT2D eigenvalue weighted by Crippen LogP contribution is -2.38. The minimum atomic E-state index is -0.690. The Morgan fingerprint density at radius 3 is 2.68 bits per heavy atom. The highest BCUT2D eigenvalue weighted by Crippen LogP contribution is 2.25. The van der Waals surface area contributed by atoms with E-state index in [-0.39, 0.29) is 48.8 Å². The zero-order chi connectivity index (χ0) is 16.7. The molecule has 0 bridgehead atoms. The first-order chi connectivity index (χ1) is 10.4. The summed E-state index contributed by atoms with van der Waals surface area (Å²) in [5.74, 6) is -1.04. The van der Waals surface area contributed by atoms with Crippen molar-refractivity contribution >= 4 is 41.7 Å². The molecule has 0 aromatic rings. The molecule has 2 N–H and O–H groups in total. The maximum atomic E-state index is 12.1. The fourth-order valence-corrected chi connectivity index (χ4v) is 3.08. The standard InChI is InChI=1S/C13H19N3O5S/c1-8(18)15-9(6-17)7-22-10-5-12(20)16(13(10)21)4-3-11(19)14-2/h6,9-10H,3-5,7H2,1-2H3,(H,14,19)(H,15,18). The van der Waals surface area contributed by atoms with E-state index in [9.17, 15) is 24.0 Å². The van der Waals surface area contributed by atoms with Gasteiger partial charge in [-0.05, 0) is 0 Å². The molecule has 0 aromatic heterocycles. The summed E-state index contributed by atoms with van der Waals surface area (Å²) in [6.07, 6.45) is 0.704. The van der Waals surface area contributed by atoms with Crippen LogP contribution in [-0.2, 0) is 24.0 Å². The van der Waals surface area contributed by atoms with Crippen LogP contribution in [0.2, 0.25) is 0 Å². The maximum Gasteiger partial charge on any atom is 0.242 e. The van der Waals surface area contributed by atoms with Gasteiger partial charge in [-0.15, -0.1) is 11.8 Å². The van der Waals surface area contributed by atoms with E-state index in [4.69, 9.17) is 0 Å². The van der Waals surface area contributed by atoms with Gasteiger partial charge in [0.1, 0.15) is 6.29 Å². The molecule has 122 valence electrons. The van der Waals surface area contributed by atoms with Crippen molar-refractivity contribution in [2.45, 2.75) is 31.1 Å². The molecule has 2 atom stereocenters. The molecule has 1 fully saturated rings. The number of thioether (sulfide) groups is 1. The van der Waals surface area contributed by atoms with Gasteiger partial charge >= 0.3 is 0 Å². The summed E-state index contributed by atoms with van der Waals surface area (Å²) in [5, 5.41) is 4.30. The summed E-state index contributed by atoms with van der Waals surface area (Å²) < 4.78 is 0. The number of hydrogen-bond acceptors (Lipinski definition) is 6. The smallest absolute Gasteiger partial charge is 0.242 e. The van der Waals surface area contributed by atoms with E-state index in [1.54, 1.807) is 0 Å². The SMILES string of the molecule is CNC(=O)CCN1C(=O)CC(SCC(C=O)NC(C)=O)C1=O. The number of amides is 4. The number of imide groups is 1. The highest BCUT2D eigenvalue weighted by Gasteiger charge is 2.38. The molecule has 2 unspecified atom stereocenters. The van der Waals surface area contributed by atoms with Crippen molar-refractivity contribution in [2.75, 3.05) is 19.3 Å². The zero-order valence-corrected chi connectivity index (χ0v) is 13.3. The first-order valence-corrected chi connectivity index (χ1v) is 7.82. The van der Waals surface area contributed by atoms with Crippen molar-refractivity contribution in [1.82, 2.24) is 15.5 Å². The molecule has 1 aliphatic heterocycles. The van der Waals surface area contributed by atoms with E-state index >= 15 is 0 Å². The highest BCUT2D eigenvalue weighted by atomic mass is 32.2. The predicted octanol–water partition coefficient (Wildman–Crippen LogP) is -1.31. The Hall–Kier alpha value is -1.90. The summed E-state index contributed by atoms with van der Waals surface area (Å²) in [4.78, 5) is 57.9. The molecule has 1 rings (SSSR count). The molecule has 0 radical (unpaired) electrons. The highest BCUT2D eigenvalue weighted by molar-refractivity contribution is 8.00. The lowest BCUT2D eigenvalue weighted by Gasteiger charge is -2.15. The van der Waals surface area contributed by atoms with E-state index in [0.717, 1.165) is 16.7 Å². The Balaban J connectivity index is 2.51. The number of carbonyl (C=O) groups excluding carboxylic acids is 5. The lowest BCUT2D eigenvalue weighted by atomic mass is 10.3. The Morgan fingerprint density at radius 1 is 1.45 bits per heavy atom. The summed E-state index contributed by atoms with van der Waals surface area (Å²) in [5.41, 5.74) is 0. The molecule has 1 saturated heterocycles. The second-order valence-electron chi connectivity index (χ2n) is 4.78. The van der Waals surface area contributed by atoms with Gasteiger partial charge in [-0.25, -0.2) is 0 Å². The van der Waals surface area contributed by atoms with Gasteiger partial charge in [0.05, 0.1) is 11.3 Å². The van der Waals surface area contributed by atoms with E-state index in [1.165, 1.54) is 14.0 Å². The second-order valence-corrected chi connectivity index (χ2v) is 6.01. The summed E-state index contributed by atoms with van der Waals surface area (Å²) >= 11 is 1.16. The van der Waals surface area contributed by atoms with Crippen LogP contribution < -0.4 is 10.6 Å². The van der Waals surface area contributed by atoms with Gasteiger partial charge in [-0.2, -0.15) is 0 Å². The first-order valence-electron chi connectivity index (χ1n) is 6.77. The molecule has 0 spiro atoms. The van der Waals surface area contributed by atoms with Crippen LogP contribution in [0.15, 0.2) is 0 Å². The van der Waals surface area contributed by atoms with Crippen molar-refractivity contribution in [3.63, 3.8) is 0 Å². The van der Waals surface area contributed by atoms with Gasteiger partial charge in [0.15, 0.2) is 0 Å². The minimum Gasteiger partial charge on any atom is -0.359 e. The predicted molar refractivity (Wildman–Crippen MR) is 79.9 cm³/mol. The Morgan fingerprint density at radius 2 is 2.14 bits per heavy atom. The van der Waals surface area contributed by atoms with Gasteiger partial charge in [-0.3, -0.25) is 24.1 Å². The molecule has 0 saturated carbocycles.